The van der Waals surface area contributed by atoms with Crippen LogP contribution in [0, 0.1) is 6.92 Å². The van der Waals surface area contributed by atoms with Crippen molar-refractivity contribution in [3.63, 3.8) is 0 Å². The highest BCUT2D eigenvalue weighted by Gasteiger charge is 2.19. The minimum Gasteiger partial charge on any atom is -0.321 e. The average Bonchev–Trinajstić information content (AvgIpc) is 3.02. The second-order valence-corrected chi connectivity index (χ2v) is 7.55. The van der Waals surface area contributed by atoms with Gasteiger partial charge in [0.2, 0.25) is 5.95 Å². The van der Waals surface area contributed by atoms with Crippen LogP contribution in [0.2, 0.25) is 5.02 Å². The monoisotopic (exact) mass is 384 g/mol. The number of halogens is 1. The van der Waals surface area contributed by atoms with Gasteiger partial charge in [0, 0.05) is 23.2 Å². The van der Waals surface area contributed by atoms with E-state index < -0.39 is 0 Å². The number of fused-ring (bicyclic) bond motifs is 1. The highest BCUT2D eigenvalue weighted by Crippen LogP contribution is 2.34. The fraction of sp³-hybridized carbons (Fsp3) is 0.450. The summed E-state index contributed by atoms with van der Waals surface area (Å²) in [6, 6.07) is 4.12. The van der Waals surface area contributed by atoms with Gasteiger partial charge in [-0.3, -0.25) is 4.68 Å². The van der Waals surface area contributed by atoms with Crippen LogP contribution in [0.15, 0.2) is 24.5 Å². The molecule has 2 aromatic heterocycles. The lowest BCUT2D eigenvalue weighted by Crippen LogP contribution is -2.26. The van der Waals surface area contributed by atoms with E-state index in [0.717, 1.165) is 66.2 Å². The van der Waals surface area contributed by atoms with Gasteiger partial charge in [0.05, 0.1) is 23.1 Å². The van der Waals surface area contributed by atoms with Crippen LogP contribution in [-0.2, 0) is 6.54 Å². The number of piperidine rings is 1. The third-order valence-corrected chi connectivity index (χ3v) is 5.59. The third kappa shape index (κ3) is 3.77. The fourth-order valence-electron chi connectivity index (χ4n) is 3.70. The van der Waals surface area contributed by atoms with Crippen LogP contribution < -0.4 is 10.6 Å². The van der Waals surface area contributed by atoms with E-state index in [1.165, 1.54) is 5.56 Å². The summed E-state index contributed by atoms with van der Waals surface area (Å²) in [6.45, 7) is 7.18. The highest BCUT2D eigenvalue weighted by atomic mass is 35.5. The Kier molecular flexibility index (Phi) is 5.27. The van der Waals surface area contributed by atoms with Crippen molar-refractivity contribution in [2.45, 2.75) is 45.6 Å². The molecule has 0 radical (unpaired) electrons. The van der Waals surface area contributed by atoms with E-state index in [4.69, 9.17) is 16.6 Å². The number of aromatic nitrogens is 4. The van der Waals surface area contributed by atoms with Crippen LogP contribution in [0.1, 0.15) is 43.4 Å². The quantitative estimate of drug-likeness (QED) is 0.682. The molecule has 0 spiro atoms. The number of hydrogen-bond donors (Lipinski definition) is 2. The van der Waals surface area contributed by atoms with Gasteiger partial charge in [-0.2, -0.15) is 5.10 Å². The predicted octanol–water partition coefficient (Wildman–Crippen LogP) is 4.41. The zero-order valence-electron chi connectivity index (χ0n) is 15.8. The van der Waals surface area contributed by atoms with E-state index in [1.807, 2.05) is 23.1 Å². The molecule has 3 aromatic rings. The molecule has 0 atom stereocenters. The Hall–Kier alpha value is -2.18. The maximum absolute atomic E-state index is 6.56. The van der Waals surface area contributed by atoms with Gasteiger partial charge < -0.3 is 10.6 Å². The van der Waals surface area contributed by atoms with E-state index in [9.17, 15) is 0 Å². The first-order valence-electron chi connectivity index (χ1n) is 9.62. The van der Waals surface area contributed by atoms with Crippen molar-refractivity contribution in [1.29, 1.82) is 0 Å². The van der Waals surface area contributed by atoms with Crippen molar-refractivity contribution >= 4 is 34.1 Å². The molecule has 1 fully saturated rings. The molecular weight excluding hydrogens is 360 g/mol. The number of anilines is 2. The van der Waals surface area contributed by atoms with Crippen molar-refractivity contribution in [3.8, 4) is 0 Å². The number of benzene rings is 1. The Morgan fingerprint density at radius 1 is 1.26 bits per heavy atom. The molecule has 0 unspecified atom stereocenters. The molecule has 2 N–H and O–H groups in total. The minimum atomic E-state index is 0.490. The number of rotatable bonds is 5. The zero-order valence-corrected chi connectivity index (χ0v) is 16.6. The maximum Gasteiger partial charge on any atom is 0.227 e. The van der Waals surface area contributed by atoms with E-state index in [0.29, 0.717) is 11.9 Å². The molecule has 7 heteroatoms. The Balaban J connectivity index is 1.63. The van der Waals surface area contributed by atoms with Crippen molar-refractivity contribution < 1.29 is 0 Å². The summed E-state index contributed by atoms with van der Waals surface area (Å²) in [5.41, 5.74) is 4.15. The summed E-state index contributed by atoms with van der Waals surface area (Å²) < 4.78 is 2.00. The molecule has 0 aliphatic carbocycles. The molecule has 1 aliphatic rings. The molecule has 1 aromatic carbocycles. The molecule has 1 saturated heterocycles. The number of nitrogens with one attached hydrogen (secondary N) is 2. The van der Waals surface area contributed by atoms with Gasteiger partial charge in [0.15, 0.2) is 0 Å². The highest BCUT2D eigenvalue weighted by molar-refractivity contribution is 6.32. The van der Waals surface area contributed by atoms with Crippen molar-refractivity contribution in [2.75, 3.05) is 18.4 Å². The first-order valence-corrected chi connectivity index (χ1v) is 10.00. The van der Waals surface area contributed by atoms with Gasteiger partial charge >= 0.3 is 0 Å². The van der Waals surface area contributed by atoms with Gasteiger partial charge in [0.25, 0.3) is 0 Å². The molecule has 1 aliphatic heterocycles. The van der Waals surface area contributed by atoms with Crippen LogP contribution in [0.5, 0.6) is 0 Å². The van der Waals surface area contributed by atoms with Crippen LogP contribution in [0.3, 0.4) is 0 Å². The van der Waals surface area contributed by atoms with Gasteiger partial charge in [0.1, 0.15) is 0 Å². The van der Waals surface area contributed by atoms with E-state index in [1.54, 1.807) is 0 Å². The number of nitrogens with zero attached hydrogens (tertiary/aromatic N) is 4. The second kappa shape index (κ2) is 7.82. The fourth-order valence-corrected chi connectivity index (χ4v) is 4.03. The van der Waals surface area contributed by atoms with Crippen molar-refractivity contribution in [3.05, 3.63) is 40.8 Å². The van der Waals surface area contributed by atoms with Gasteiger partial charge in [-0.15, -0.1) is 0 Å². The summed E-state index contributed by atoms with van der Waals surface area (Å²) in [5, 5.41) is 12.9. The molecule has 27 heavy (non-hydrogen) atoms. The normalized spacial score (nSPS) is 15.4. The largest absolute Gasteiger partial charge is 0.321 e. The summed E-state index contributed by atoms with van der Waals surface area (Å²) in [6.07, 6.45) is 6.93. The Bertz CT molecular complexity index is 945. The molecule has 0 bridgehead atoms. The van der Waals surface area contributed by atoms with E-state index in [-0.39, 0.29) is 0 Å². The molecule has 6 nitrogen and oxygen atoms in total. The number of aryl methyl sites for hydroxylation is 1. The van der Waals surface area contributed by atoms with E-state index in [2.05, 4.69) is 40.6 Å². The molecular formula is C20H25ClN6. The van der Waals surface area contributed by atoms with Gasteiger partial charge in [-0.25, -0.2) is 9.97 Å². The zero-order chi connectivity index (χ0) is 18.8. The summed E-state index contributed by atoms with van der Waals surface area (Å²) in [5.74, 6) is 1.07. The standard InChI is InChI=1S/C20H25ClN6/c1-3-8-27-13(2)19(12-24-27)26-20-23-11-15-9-17(21)16(10-18(15)25-20)14-4-6-22-7-5-14/h9-12,14,22H,3-8H2,1-2H3,(H,23,25,26). The summed E-state index contributed by atoms with van der Waals surface area (Å²) in [4.78, 5) is 9.18. The lowest BCUT2D eigenvalue weighted by atomic mass is 9.89. The van der Waals surface area contributed by atoms with Gasteiger partial charge in [-0.05, 0) is 62.9 Å². The van der Waals surface area contributed by atoms with Gasteiger partial charge in [-0.1, -0.05) is 18.5 Å². The molecule has 0 amide bonds. The molecule has 4 rings (SSSR count). The smallest absolute Gasteiger partial charge is 0.227 e. The van der Waals surface area contributed by atoms with Crippen molar-refractivity contribution in [2.24, 2.45) is 0 Å². The molecule has 3 heterocycles. The Morgan fingerprint density at radius 2 is 2.07 bits per heavy atom. The van der Waals surface area contributed by atoms with Crippen LogP contribution in [-0.4, -0.2) is 32.8 Å². The Morgan fingerprint density at radius 3 is 2.85 bits per heavy atom. The lowest BCUT2D eigenvalue weighted by Gasteiger charge is -2.24. The Labute approximate surface area is 164 Å². The van der Waals surface area contributed by atoms with Crippen LogP contribution >= 0.6 is 11.6 Å². The third-order valence-electron chi connectivity index (χ3n) is 5.26. The summed E-state index contributed by atoms with van der Waals surface area (Å²) >= 11 is 6.56. The summed E-state index contributed by atoms with van der Waals surface area (Å²) in [7, 11) is 0. The first-order chi connectivity index (χ1) is 13.2. The predicted molar refractivity (Wildman–Crippen MR) is 110 cm³/mol. The van der Waals surface area contributed by atoms with E-state index >= 15 is 0 Å². The molecule has 142 valence electrons. The first kappa shape index (κ1) is 18.2. The average molecular weight is 385 g/mol. The minimum absolute atomic E-state index is 0.490. The molecule has 0 saturated carbocycles. The SMILES string of the molecule is CCCn1ncc(Nc2ncc3cc(Cl)c(C4CCNCC4)cc3n2)c1C. The number of hydrogen-bond acceptors (Lipinski definition) is 5. The topological polar surface area (TPSA) is 67.7 Å². The lowest BCUT2D eigenvalue weighted by molar-refractivity contribution is 0.461. The maximum atomic E-state index is 6.56. The van der Waals surface area contributed by atoms with Crippen LogP contribution in [0.4, 0.5) is 11.6 Å². The van der Waals surface area contributed by atoms with Crippen LogP contribution in [0.25, 0.3) is 10.9 Å². The second-order valence-electron chi connectivity index (χ2n) is 7.14. The van der Waals surface area contributed by atoms with Crippen molar-refractivity contribution in [1.82, 2.24) is 25.1 Å².